The molecule has 4 nitrogen and oxygen atoms in total. The van der Waals surface area contributed by atoms with E-state index in [0.29, 0.717) is 10.6 Å². The zero-order valence-electron chi connectivity index (χ0n) is 13.8. The van der Waals surface area contributed by atoms with Crippen LogP contribution in [0.25, 0.3) is 0 Å². The summed E-state index contributed by atoms with van der Waals surface area (Å²) in [4.78, 5) is 13.9. The van der Waals surface area contributed by atoms with Crippen molar-refractivity contribution in [1.29, 1.82) is 0 Å². The van der Waals surface area contributed by atoms with Crippen LogP contribution in [0.5, 0.6) is 0 Å². The third-order valence-corrected chi connectivity index (χ3v) is 4.55. The van der Waals surface area contributed by atoms with Gasteiger partial charge in [0.2, 0.25) is 0 Å². The Hall–Kier alpha value is -1.88. The minimum absolute atomic E-state index is 0.120. The Morgan fingerprint density at radius 3 is 2.58 bits per heavy atom. The Bertz CT molecular complexity index is 710. The van der Waals surface area contributed by atoms with Crippen molar-refractivity contribution in [3.8, 4) is 0 Å². The Morgan fingerprint density at radius 1 is 1.17 bits per heavy atom. The van der Waals surface area contributed by atoms with Crippen LogP contribution in [0.15, 0.2) is 42.5 Å². The van der Waals surface area contributed by atoms with E-state index in [1.54, 1.807) is 6.07 Å². The number of rotatable bonds is 4. The molecule has 0 aromatic heterocycles. The molecule has 0 atom stereocenters. The average Bonchev–Trinajstić information content (AvgIpc) is 2.60. The van der Waals surface area contributed by atoms with Crippen LogP contribution in [0.2, 0.25) is 5.02 Å². The second-order valence-electron chi connectivity index (χ2n) is 6.15. The molecule has 3 rings (SSSR count). The zero-order valence-corrected chi connectivity index (χ0v) is 14.5. The number of ether oxygens (including phenoxy) is 1. The standard InChI is InChI=1S/C19H21ClN2O2/c1-14-2-7-17(20)12-18(14)21-19(23)16-5-3-15(4-6-16)13-22-8-10-24-11-9-22/h2-7,12H,8-11,13H2,1H3,(H,21,23)/p+1. The molecule has 1 amide bonds. The van der Waals surface area contributed by atoms with Gasteiger partial charge in [-0.05, 0) is 36.8 Å². The molecule has 1 saturated heterocycles. The first kappa shape index (κ1) is 17.0. The van der Waals surface area contributed by atoms with E-state index in [2.05, 4.69) is 5.32 Å². The minimum Gasteiger partial charge on any atom is -0.370 e. The van der Waals surface area contributed by atoms with Gasteiger partial charge in [-0.2, -0.15) is 0 Å². The predicted octanol–water partition coefficient (Wildman–Crippen LogP) is 2.32. The lowest BCUT2D eigenvalue weighted by Crippen LogP contribution is -3.12. The van der Waals surface area contributed by atoms with Gasteiger partial charge in [-0.25, -0.2) is 0 Å². The van der Waals surface area contributed by atoms with Gasteiger partial charge in [0.05, 0.1) is 13.2 Å². The monoisotopic (exact) mass is 345 g/mol. The van der Waals surface area contributed by atoms with Crippen molar-refractivity contribution < 1.29 is 14.4 Å². The normalized spacial score (nSPS) is 15.2. The molecule has 2 aromatic rings. The van der Waals surface area contributed by atoms with Crippen molar-refractivity contribution in [2.45, 2.75) is 13.5 Å². The quantitative estimate of drug-likeness (QED) is 0.893. The molecule has 0 spiro atoms. The number of nitrogens with one attached hydrogen (secondary N) is 2. The smallest absolute Gasteiger partial charge is 0.255 e. The van der Waals surface area contributed by atoms with Crippen LogP contribution in [0.4, 0.5) is 5.69 Å². The summed E-state index contributed by atoms with van der Waals surface area (Å²) >= 11 is 6.00. The van der Waals surface area contributed by atoms with Crippen molar-refractivity contribution in [2.24, 2.45) is 0 Å². The lowest BCUT2D eigenvalue weighted by atomic mass is 10.1. The summed E-state index contributed by atoms with van der Waals surface area (Å²) < 4.78 is 5.38. The fourth-order valence-corrected chi connectivity index (χ4v) is 2.99. The fourth-order valence-electron chi connectivity index (χ4n) is 2.82. The van der Waals surface area contributed by atoms with E-state index in [4.69, 9.17) is 16.3 Å². The van der Waals surface area contributed by atoms with Gasteiger partial charge in [0.25, 0.3) is 5.91 Å². The first-order valence-corrected chi connectivity index (χ1v) is 8.57. The van der Waals surface area contributed by atoms with E-state index in [0.717, 1.165) is 44.1 Å². The molecule has 0 unspecified atom stereocenters. The molecule has 0 aliphatic carbocycles. The number of carbonyl (C=O) groups is 1. The predicted molar refractivity (Wildman–Crippen MR) is 95.8 cm³/mol. The van der Waals surface area contributed by atoms with E-state index < -0.39 is 0 Å². The Labute approximate surface area is 147 Å². The molecule has 2 aromatic carbocycles. The summed E-state index contributed by atoms with van der Waals surface area (Å²) in [5.74, 6) is -0.120. The van der Waals surface area contributed by atoms with Gasteiger partial charge in [0, 0.05) is 21.8 Å². The summed E-state index contributed by atoms with van der Waals surface area (Å²) in [6, 6.07) is 13.3. The number of anilines is 1. The van der Waals surface area contributed by atoms with Gasteiger partial charge in [-0.1, -0.05) is 29.8 Å². The Balaban J connectivity index is 1.64. The number of carbonyl (C=O) groups excluding carboxylic acids is 1. The average molecular weight is 346 g/mol. The SMILES string of the molecule is Cc1ccc(Cl)cc1NC(=O)c1ccc(C[NH+]2CCOCC2)cc1. The maximum atomic E-state index is 12.4. The van der Waals surface area contributed by atoms with Crippen LogP contribution in [-0.4, -0.2) is 32.2 Å². The van der Waals surface area contributed by atoms with Gasteiger partial charge in [-0.3, -0.25) is 4.79 Å². The van der Waals surface area contributed by atoms with Crippen LogP contribution in [0, 0.1) is 6.92 Å². The summed E-state index contributed by atoms with van der Waals surface area (Å²) in [5, 5.41) is 3.53. The number of aryl methyl sites for hydroxylation is 1. The molecular formula is C19H22ClN2O2+. The summed E-state index contributed by atoms with van der Waals surface area (Å²) in [6.45, 7) is 6.65. The fraction of sp³-hybridized carbons (Fsp3) is 0.316. The maximum Gasteiger partial charge on any atom is 0.255 e. The maximum absolute atomic E-state index is 12.4. The van der Waals surface area contributed by atoms with Gasteiger partial charge in [0.15, 0.2) is 0 Å². The molecular weight excluding hydrogens is 324 g/mol. The van der Waals surface area contributed by atoms with Crippen LogP contribution in [-0.2, 0) is 11.3 Å². The highest BCUT2D eigenvalue weighted by atomic mass is 35.5. The zero-order chi connectivity index (χ0) is 16.9. The summed E-state index contributed by atoms with van der Waals surface area (Å²) in [6.07, 6.45) is 0. The highest BCUT2D eigenvalue weighted by Crippen LogP contribution is 2.21. The van der Waals surface area contributed by atoms with Gasteiger partial charge < -0.3 is 15.0 Å². The molecule has 24 heavy (non-hydrogen) atoms. The van der Waals surface area contributed by atoms with Gasteiger partial charge in [0.1, 0.15) is 19.6 Å². The van der Waals surface area contributed by atoms with Crippen LogP contribution in [0.3, 0.4) is 0 Å². The second kappa shape index (κ2) is 7.79. The van der Waals surface area contributed by atoms with Crippen molar-refractivity contribution in [1.82, 2.24) is 0 Å². The molecule has 2 N–H and O–H groups in total. The van der Waals surface area contributed by atoms with E-state index >= 15 is 0 Å². The molecule has 1 heterocycles. The Morgan fingerprint density at radius 2 is 1.88 bits per heavy atom. The topological polar surface area (TPSA) is 42.8 Å². The van der Waals surface area contributed by atoms with Gasteiger partial charge >= 0.3 is 0 Å². The third-order valence-electron chi connectivity index (χ3n) is 4.32. The van der Waals surface area contributed by atoms with Crippen LogP contribution < -0.4 is 10.2 Å². The van der Waals surface area contributed by atoms with Crippen LogP contribution in [0.1, 0.15) is 21.5 Å². The minimum atomic E-state index is -0.120. The van der Waals surface area contributed by atoms with Crippen molar-refractivity contribution in [3.05, 3.63) is 64.2 Å². The second-order valence-corrected chi connectivity index (χ2v) is 6.59. The lowest BCUT2D eigenvalue weighted by molar-refractivity contribution is -0.921. The van der Waals surface area contributed by atoms with E-state index in [-0.39, 0.29) is 5.91 Å². The first-order valence-electron chi connectivity index (χ1n) is 8.19. The number of hydrogen-bond acceptors (Lipinski definition) is 2. The number of quaternary nitrogens is 1. The lowest BCUT2D eigenvalue weighted by Gasteiger charge is -2.23. The number of morpholine rings is 1. The van der Waals surface area contributed by atoms with Crippen molar-refractivity contribution in [2.75, 3.05) is 31.6 Å². The van der Waals surface area contributed by atoms with Crippen molar-refractivity contribution in [3.63, 3.8) is 0 Å². The summed E-state index contributed by atoms with van der Waals surface area (Å²) in [5.41, 5.74) is 3.62. The molecule has 0 bridgehead atoms. The number of amides is 1. The third kappa shape index (κ3) is 4.35. The first-order chi connectivity index (χ1) is 11.6. The Kier molecular flexibility index (Phi) is 5.51. The highest BCUT2D eigenvalue weighted by molar-refractivity contribution is 6.31. The van der Waals surface area contributed by atoms with E-state index in [9.17, 15) is 4.79 Å². The summed E-state index contributed by atoms with van der Waals surface area (Å²) in [7, 11) is 0. The molecule has 0 radical (unpaired) electrons. The molecule has 1 fully saturated rings. The van der Waals surface area contributed by atoms with Gasteiger partial charge in [-0.15, -0.1) is 0 Å². The number of hydrogen-bond donors (Lipinski definition) is 2. The molecule has 1 aliphatic rings. The van der Waals surface area contributed by atoms with Crippen LogP contribution >= 0.6 is 11.6 Å². The molecule has 1 aliphatic heterocycles. The molecule has 5 heteroatoms. The van der Waals surface area contributed by atoms with E-state index in [1.165, 1.54) is 10.5 Å². The molecule has 126 valence electrons. The molecule has 0 saturated carbocycles. The highest BCUT2D eigenvalue weighted by Gasteiger charge is 2.14. The van der Waals surface area contributed by atoms with Crippen molar-refractivity contribution >= 4 is 23.2 Å². The largest absolute Gasteiger partial charge is 0.370 e. The number of benzene rings is 2. The number of halogens is 1. The van der Waals surface area contributed by atoms with E-state index in [1.807, 2.05) is 43.3 Å².